The molecular formula is C14H16BrN3O. The highest BCUT2D eigenvalue weighted by molar-refractivity contribution is 9.10. The molecule has 1 atom stereocenters. The van der Waals surface area contributed by atoms with E-state index in [1.165, 1.54) is 0 Å². The normalized spacial score (nSPS) is 12.2. The average molecular weight is 322 g/mol. The van der Waals surface area contributed by atoms with E-state index in [1.807, 2.05) is 44.2 Å². The molecule has 0 bridgehead atoms. The van der Waals surface area contributed by atoms with Crippen molar-refractivity contribution in [2.75, 3.05) is 11.9 Å². The molecule has 0 spiro atoms. The Bertz CT molecular complexity index is 560. The second-order valence-corrected chi connectivity index (χ2v) is 5.10. The third-order valence-electron chi connectivity index (χ3n) is 2.82. The van der Waals surface area contributed by atoms with Gasteiger partial charge in [0, 0.05) is 0 Å². The molecule has 0 aliphatic carbocycles. The minimum atomic E-state index is -0.189. The predicted octanol–water partition coefficient (Wildman–Crippen LogP) is 3.00. The van der Waals surface area contributed by atoms with Crippen LogP contribution < -0.4 is 5.32 Å². The van der Waals surface area contributed by atoms with Gasteiger partial charge in [0.1, 0.15) is 11.6 Å². The molecule has 0 amide bonds. The summed E-state index contributed by atoms with van der Waals surface area (Å²) >= 11 is 3.48. The molecule has 1 heterocycles. The Morgan fingerprint density at radius 1 is 1.21 bits per heavy atom. The number of rotatable bonds is 4. The van der Waals surface area contributed by atoms with Crippen LogP contribution in [0.1, 0.15) is 23.1 Å². The van der Waals surface area contributed by atoms with E-state index in [0.29, 0.717) is 11.6 Å². The minimum Gasteiger partial charge on any atom is -0.394 e. The van der Waals surface area contributed by atoms with Gasteiger partial charge in [-0.1, -0.05) is 30.3 Å². The van der Waals surface area contributed by atoms with Gasteiger partial charge in [0.25, 0.3) is 0 Å². The molecule has 2 rings (SSSR count). The van der Waals surface area contributed by atoms with Crippen LogP contribution in [0.15, 0.2) is 34.8 Å². The molecule has 1 aromatic heterocycles. The first-order valence-corrected chi connectivity index (χ1v) is 6.84. The van der Waals surface area contributed by atoms with E-state index in [1.54, 1.807) is 0 Å². The molecule has 1 unspecified atom stereocenters. The number of halogens is 1. The summed E-state index contributed by atoms with van der Waals surface area (Å²) in [5.41, 5.74) is 1.89. The van der Waals surface area contributed by atoms with Crippen LogP contribution in [-0.4, -0.2) is 21.7 Å². The number of aromatic nitrogens is 2. The van der Waals surface area contributed by atoms with Crippen molar-refractivity contribution < 1.29 is 5.11 Å². The number of hydrogen-bond donors (Lipinski definition) is 2. The smallest absolute Gasteiger partial charge is 0.144 e. The van der Waals surface area contributed by atoms with E-state index >= 15 is 0 Å². The zero-order valence-corrected chi connectivity index (χ0v) is 12.5. The van der Waals surface area contributed by atoms with Gasteiger partial charge in [0.2, 0.25) is 0 Å². The molecule has 0 saturated carbocycles. The SMILES string of the molecule is Cc1nc(C)c(Br)c(NC(CO)c2ccccc2)n1. The Balaban J connectivity index is 2.29. The number of benzene rings is 1. The van der Waals surface area contributed by atoms with Crippen molar-refractivity contribution in [2.24, 2.45) is 0 Å². The van der Waals surface area contributed by atoms with Crippen molar-refractivity contribution in [3.63, 3.8) is 0 Å². The Labute approximate surface area is 121 Å². The fraction of sp³-hybridized carbons (Fsp3) is 0.286. The van der Waals surface area contributed by atoms with Gasteiger partial charge < -0.3 is 10.4 Å². The maximum Gasteiger partial charge on any atom is 0.144 e. The molecule has 2 N–H and O–H groups in total. The number of aryl methyl sites for hydroxylation is 2. The zero-order chi connectivity index (χ0) is 13.8. The third kappa shape index (κ3) is 3.30. The zero-order valence-electron chi connectivity index (χ0n) is 10.9. The minimum absolute atomic E-state index is 0.00144. The van der Waals surface area contributed by atoms with Gasteiger partial charge in [0.15, 0.2) is 0 Å². The fourth-order valence-corrected chi connectivity index (χ4v) is 2.17. The van der Waals surface area contributed by atoms with Crippen molar-refractivity contribution in [3.05, 3.63) is 51.9 Å². The van der Waals surface area contributed by atoms with Gasteiger partial charge in [-0.2, -0.15) is 0 Å². The summed E-state index contributed by atoms with van der Waals surface area (Å²) in [5, 5.41) is 12.8. The van der Waals surface area contributed by atoms with Gasteiger partial charge in [-0.25, -0.2) is 9.97 Å². The number of hydrogen-bond acceptors (Lipinski definition) is 4. The second kappa shape index (κ2) is 6.12. The van der Waals surface area contributed by atoms with Crippen molar-refractivity contribution in [3.8, 4) is 0 Å². The fourth-order valence-electron chi connectivity index (χ4n) is 1.88. The van der Waals surface area contributed by atoms with Gasteiger partial charge in [-0.3, -0.25) is 0 Å². The van der Waals surface area contributed by atoms with Gasteiger partial charge in [0.05, 0.1) is 22.8 Å². The molecular weight excluding hydrogens is 306 g/mol. The maximum absolute atomic E-state index is 9.55. The molecule has 1 aromatic carbocycles. The highest BCUT2D eigenvalue weighted by Crippen LogP contribution is 2.26. The Kier molecular flexibility index (Phi) is 4.50. The highest BCUT2D eigenvalue weighted by atomic mass is 79.9. The van der Waals surface area contributed by atoms with Crippen LogP contribution in [0.25, 0.3) is 0 Å². The largest absolute Gasteiger partial charge is 0.394 e. The first-order valence-electron chi connectivity index (χ1n) is 6.05. The van der Waals surface area contributed by atoms with Crippen molar-refractivity contribution >= 4 is 21.7 Å². The van der Waals surface area contributed by atoms with Gasteiger partial charge in [-0.15, -0.1) is 0 Å². The molecule has 2 aromatic rings. The Morgan fingerprint density at radius 2 is 1.89 bits per heavy atom. The number of nitrogens with one attached hydrogen (secondary N) is 1. The number of aliphatic hydroxyl groups excluding tert-OH is 1. The summed E-state index contributed by atoms with van der Waals surface area (Å²) in [6.07, 6.45) is 0. The lowest BCUT2D eigenvalue weighted by molar-refractivity contribution is 0.276. The first-order chi connectivity index (χ1) is 9.11. The number of aliphatic hydroxyl groups is 1. The molecule has 4 nitrogen and oxygen atoms in total. The second-order valence-electron chi connectivity index (χ2n) is 4.31. The average Bonchev–Trinajstić information content (AvgIpc) is 2.42. The van der Waals surface area contributed by atoms with Crippen LogP contribution in [0.3, 0.4) is 0 Å². The van der Waals surface area contributed by atoms with Crippen molar-refractivity contribution in [1.82, 2.24) is 9.97 Å². The van der Waals surface area contributed by atoms with Crippen LogP contribution in [0.4, 0.5) is 5.82 Å². The molecule has 0 aliphatic rings. The van der Waals surface area contributed by atoms with Crippen LogP contribution in [0, 0.1) is 13.8 Å². The quantitative estimate of drug-likeness (QED) is 0.908. The molecule has 0 fully saturated rings. The summed E-state index contributed by atoms with van der Waals surface area (Å²) < 4.78 is 0.826. The summed E-state index contributed by atoms with van der Waals surface area (Å²) in [6.45, 7) is 3.76. The molecule has 0 aliphatic heterocycles. The summed E-state index contributed by atoms with van der Waals surface area (Å²) in [5.74, 6) is 1.40. The lowest BCUT2D eigenvalue weighted by Crippen LogP contribution is -2.16. The molecule has 100 valence electrons. The van der Waals surface area contributed by atoms with Gasteiger partial charge in [-0.05, 0) is 35.3 Å². The van der Waals surface area contributed by atoms with Gasteiger partial charge >= 0.3 is 0 Å². The van der Waals surface area contributed by atoms with Crippen molar-refractivity contribution in [1.29, 1.82) is 0 Å². The predicted molar refractivity (Wildman–Crippen MR) is 79.1 cm³/mol. The van der Waals surface area contributed by atoms with E-state index in [0.717, 1.165) is 15.7 Å². The molecule has 19 heavy (non-hydrogen) atoms. The summed E-state index contributed by atoms with van der Waals surface area (Å²) in [7, 11) is 0. The first kappa shape index (κ1) is 14.0. The highest BCUT2D eigenvalue weighted by Gasteiger charge is 2.14. The van der Waals surface area contributed by atoms with Crippen molar-refractivity contribution in [2.45, 2.75) is 19.9 Å². The van der Waals surface area contributed by atoms with E-state index in [-0.39, 0.29) is 12.6 Å². The molecule has 0 saturated heterocycles. The number of anilines is 1. The van der Waals surface area contributed by atoms with Crippen LogP contribution in [-0.2, 0) is 0 Å². The monoisotopic (exact) mass is 321 g/mol. The van der Waals surface area contributed by atoms with E-state index < -0.39 is 0 Å². The molecule has 5 heteroatoms. The van der Waals surface area contributed by atoms with Crippen LogP contribution >= 0.6 is 15.9 Å². The summed E-state index contributed by atoms with van der Waals surface area (Å²) in [4.78, 5) is 8.65. The third-order valence-corrected chi connectivity index (χ3v) is 3.77. The van der Waals surface area contributed by atoms with Crippen LogP contribution in [0.5, 0.6) is 0 Å². The Morgan fingerprint density at radius 3 is 2.53 bits per heavy atom. The number of nitrogens with zero attached hydrogens (tertiary/aromatic N) is 2. The maximum atomic E-state index is 9.55. The van der Waals surface area contributed by atoms with E-state index in [2.05, 4.69) is 31.2 Å². The lowest BCUT2D eigenvalue weighted by Gasteiger charge is -2.19. The van der Waals surface area contributed by atoms with E-state index in [4.69, 9.17) is 0 Å². The topological polar surface area (TPSA) is 58.0 Å². The summed E-state index contributed by atoms with van der Waals surface area (Å²) in [6, 6.07) is 9.61. The lowest BCUT2D eigenvalue weighted by atomic mass is 10.1. The van der Waals surface area contributed by atoms with Crippen LogP contribution in [0.2, 0.25) is 0 Å². The molecule has 0 radical (unpaired) electrons. The van der Waals surface area contributed by atoms with E-state index in [9.17, 15) is 5.11 Å². The standard InChI is InChI=1S/C14H16BrN3O/c1-9-13(15)14(17-10(2)16-9)18-12(8-19)11-6-4-3-5-7-11/h3-7,12,19H,8H2,1-2H3,(H,16,17,18). The Hall–Kier alpha value is -1.46.